The minimum absolute atomic E-state index is 0.213. The second kappa shape index (κ2) is 4.19. The summed E-state index contributed by atoms with van der Waals surface area (Å²) in [6, 6.07) is 6.09. The lowest BCUT2D eigenvalue weighted by Crippen LogP contribution is -2.48. The molecule has 1 aliphatic carbocycles. The Bertz CT molecular complexity index is 543. The largest absolute Gasteiger partial charge is 0.352 e. The average molecular weight is 258 g/mol. The standard InChI is InChI=1S/C14H14N2O3/c1-8(12(17)15-9-6-7-9)16-13(18)10-4-2-3-5-11(10)14(16)19/h2-5,8-9H,6-7H2,1H3,(H,15,17)/t8-/m0/s1. The molecule has 2 aliphatic rings. The van der Waals surface area contributed by atoms with Crippen molar-refractivity contribution in [2.45, 2.75) is 31.8 Å². The molecule has 0 saturated heterocycles. The number of nitrogens with one attached hydrogen (secondary N) is 1. The zero-order valence-corrected chi connectivity index (χ0v) is 10.6. The summed E-state index contributed by atoms with van der Waals surface area (Å²) < 4.78 is 0. The van der Waals surface area contributed by atoms with Crippen LogP contribution >= 0.6 is 0 Å². The Morgan fingerprint density at radius 1 is 1.21 bits per heavy atom. The SMILES string of the molecule is C[C@@H](C(=O)NC1CC1)N1C(=O)c2ccccc2C1=O. The highest BCUT2D eigenvalue weighted by Crippen LogP contribution is 2.25. The highest BCUT2D eigenvalue weighted by Gasteiger charge is 2.41. The van der Waals surface area contributed by atoms with Crippen LogP contribution < -0.4 is 5.32 Å². The van der Waals surface area contributed by atoms with Crippen molar-refractivity contribution in [2.24, 2.45) is 0 Å². The van der Waals surface area contributed by atoms with Gasteiger partial charge in [-0.05, 0) is 31.9 Å². The highest BCUT2D eigenvalue weighted by atomic mass is 16.2. The monoisotopic (exact) mass is 258 g/mol. The van der Waals surface area contributed by atoms with E-state index in [9.17, 15) is 14.4 Å². The van der Waals surface area contributed by atoms with Crippen molar-refractivity contribution in [2.75, 3.05) is 0 Å². The van der Waals surface area contributed by atoms with E-state index in [-0.39, 0.29) is 23.8 Å². The molecule has 19 heavy (non-hydrogen) atoms. The van der Waals surface area contributed by atoms with Crippen molar-refractivity contribution >= 4 is 17.7 Å². The fourth-order valence-electron chi connectivity index (χ4n) is 2.23. The Hall–Kier alpha value is -2.17. The molecule has 0 spiro atoms. The first kappa shape index (κ1) is 11.9. The number of rotatable bonds is 3. The van der Waals surface area contributed by atoms with Gasteiger partial charge < -0.3 is 5.32 Å². The van der Waals surface area contributed by atoms with E-state index in [1.165, 1.54) is 0 Å². The minimum Gasteiger partial charge on any atom is -0.352 e. The lowest BCUT2D eigenvalue weighted by atomic mass is 10.1. The molecule has 1 aliphatic heterocycles. The summed E-state index contributed by atoms with van der Waals surface area (Å²) in [6.45, 7) is 1.58. The van der Waals surface area contributed by atoms with Gasteiger partial charge in [0.25, 0.3) is 11.8 Å². The van der Waals surface area contributed by atoms with Gasteiger partial charge in [-0.1, -0.05) is 12.1 Å². The molecule has 1 aromatic carbocycles. The van der Waals surface area contributed by atoms with E-state index < -0.39 is 6.04 Å². The molecule has 1 N–H and O–H groups in total. The summed E-state index contributed by atoms with van der Waals surface area (Å²) in [5.41, 5.74) is 0.747. The third-order valence-corrected chi connectivity index (χ3v) is 3.52. The number of hydrogen-bond acceptors (Lipinski definition) is 3. The Morgan fingerprint density at radius 3 is 2.21 bits per heavy atom. The third-order valence-electron chi connectivity index (χ3n) is 3.52. The van der Waals surface area contributed by atoms with Crippen LogP contribution in [0.2, 0.25) is 0 Å². The van der Waals surface area contributed by atoms with E-state index in [1.54, 1.807) is 31.2 Å². The molecule has 0 bridgehead atoms. The summed E-state index contributed by atoms with van der Waals surface area (Å²) in [4.78, 5) is 37.4. The Balaban J connectivity index is 1.84. The van der Waals surface area contributed by atoms with Crippen LogP contribution in [0.25, 0.3) is 0 Å². The van der Waals surface area contributed by atoms with Crippen molar-refractivity contribution in [1.82, 2.24) is 10.2 Å². The van der Waals surface area contributed by atoms with Crippen LogP contribution in [0.15, 0.2) is 24.3 Å². The molecule has 0 aromatic heterocycles. The van der Waals surface area contributed by atoms with Crippen LogP contribution in [0, 0.1) is 0 Å². The predicted octanol–water partition coefficient (Wildman–Crippen LogP) is 0.950. The highest BCUT2D eigenvalue weighted by molar-refractivity contribution is 6.22. The van der Waals surface area contributed by atoms with E-state index in [0.29, 0.717) is 11.1 Å². The Labute approximate surface area is 110 Å². The molecule has 1 aromatic rings. The molecule has 5 nitrogen and oxygen atoms in total. The zero-order valence-electron chi connectivity index (χ0n) is 10.6. The van der Waals surface area contributed by atoms with Gasteiger partial charge in [0.15, 0.2) is 0 Å². The van der Waals surface area contributed by atoms with Gasteiger partial charge in [0.2, 0.25) is 5.91 Å². The maximum Gasteiger partial charge on any atom is 0.262 e. The topological polar surface area (TPSA) is 66.5 Å². The molecule has 3 rings (SSSR count). The van der Waals surface area contributed by atoms with Gasteiger partial charge in [-0.3, -0.25) is 19.3 Å². The van der Waals surface area contributed by atoms with E-state index >= 15 is 0 Å². The van der Waals surface area contributed by atoms with E-state index in [0.717, 1.165) is 17.7 Å². The zero-order chi connectivity index (χ0) is 13.6. The third kappa shape index (κ3) is 1.91. The lowest BCUT2D eigenvalue weighted by molar-refractivity contribution is -0.124. The van der Waals surface area contributed by atoms with Gasteiger partial charge in [-0.2, -0.15) is 0 Å². The van der Waals surface area contributed by atoms with Gasteiger partial charge in [-0.15, -0.1) is 0 Å². The lowest BCUT2D eigenvalue weighted by Gasteiger charge is -2.21. The first-order valence-corrected chi connectivity index (χ1v) is 6.37. The van der Waals surface area contributed by atoms with Gasteiger partial charge >= 0.3 is 0 Å². The number of carbonyl (C=O) groups is 3. The van der Waals surface area contributed by atoms with Gasteiger partial charge in [-0.25, -0.2) is 0 Å². The average Bonchev–Trinajstić information content (AvgIpc) is 3.18. The smallest absolute Gasteiger partial charge is 0.262 e. The molecule has 1 fully saturated rings. The fourth-order valence-corrected chi connectivity index (χ4v) is 2.23. The first-order valence-electron chi connectivity index (χ1n) is 6.37. The van der Waals surface area contributed by atoms with Crippen molar-refractivity contribution in [3.63, 3.8) is 0 Å². The van der Waals surface area contributed by atoms with Crippen LogP contribution in [-0.2, 0) is 4.79 Å². The van der Waals surface area contributed by atoms with Crippen molar-refractivity contribution in [3.8, 4) is 0 Å². The molecular weight excluding hydrogens is 244 g/mol. The number of imide groups is 1. The van der Waals surface area contributed by atoms with E-state index in [4.69, 9.17) is 0 Å². The van der Waals surface area contributed by atoms with Gasteiger partial charge in [0.1, 0.15) is 6.04 Å². The van der Waals surface area contributed by atoms with E-state index in [1.807, 2.05) is 0 Å². The number of amides is 3. The number of benzene rings is 1. The molecule has 5 heteroatoms. The number of fused-ring (bicyclic) bond motifs is 1. The maximum atomic E-state index is 12.2. The molecule has 1 saturated carbocycles. The fraction of sp³-hybridized carbons (Fsp3) is 0.357. The van der Waals surface area contributed by atoms with Crippen LogP contribution in [0.4, 0.5) is 0 Å². The molecular formula is C14H14N2O3. The number of hydrogen-bond donors (Lipinski definition) is 1. The number of nitrogens with zero attached hydrogens (tertiary/aromatic N) is 1. The van der Waals surface area contributed by atoms with Crippen LogP contribution in [0.5, 0.6) is 0 Å². The molecule has 1 atom stereocenters. The van der Waals surface area contributed by atoms with Gasteiger partial charge in [0, 0.05) is 6.04 Å². The van der Waals surface area contributed by atoms with Gasteiger partial charge in [0.05, 0.1) is 11.1 Å². The summed E-state index contributed by atoms with van der Waals surface area (Å²) in [6.07, 6.45) is 1.95. The van der Waals surface area contributed by atoms with Crippen LogP contribution in [0.3, 0.4) is 0 Å². The first-order chi connectivity index (χ1) is 9.09. The second-order valence-electron chi connectivity index (χ2n) is 4.98. The molecule has 0 radical (unpaired) electrons. The van der Waals surface area contributed by atoms with Crippen LogP contribution in [-0.4, -0.2) is 34.7 Å². The Morgan fingerprint density at radius 2 is 1.74 bits per heavy atom. The predicted molar refractivity (Wildman–Crippen MR) is 67.6 cm³/mol. The summed E-state index contributed by atoms with van der Waals surface area (Å²) in [5.74, 6) is -1.05. The Kier molecular flexibility index (Phi) is 2.62. The second-order valence-corrected chi connectivity index (χ2v) is 4.98. The number of carbonyl (C=O) groups excluding carboxylic acids is 3. The molecule has 3 amide bonds. The quantitative estimate of drug-likeness (QED) is 0.821. The normalized spacial score (nSPS) is 19.3. The molecule has 0 unspecified atom stereocenters. The minimum atomic E-state index is -0.770. The van der Waals surface area contributed by atoms with E-state index in [2.05, 4.69) is 5.32 Å². The molecule has 98 valence electrons. The summed E-state index contributed by atoms with van der Waals surface area (Å²) in [5, 5.41) is 2.81. The maximum absolute atomic E-state index is 12.2. The summed E-state index contributed by atoms with van der Waals surface area (Å²) in [7, 11) is 0. The van der Waals surface area contributed by atoms with Crippen LogP contribution in [0.1, 0.15) is 40.5 Å². The van der Waals surface area contributed by atoms with Crippen molar-refractivity contribution in [1.29, 1.82) is 0 Å². The summed E-state index contributed by atoms with van der Waals surface area (Å²) >= 11 is 0. The molecule has 1 heterocycles. The van der Waals surface area contributed by atoms with Crippen molar-refractivity contribution < 1.29 is 14.4 Å². The van der Waals surface area contributed by atoms with Crippen molar-refractivity contribution in [3.05, 3.63) is 35.4 Å².